The summed E-state index contributed by atoms with van der Waals surface area (Å²) in [5.74, 6) is 0. The van der Waals surface area contributed by atoms with E-state index in [1.165, 1.54) is 0 Å². The maximum absolute atomic E-state index is 12.6. The van der Waals surface area contributed by atoms with Gasteiger partial charge in [-0.25, -0.2) is 0 Å². The number of hydrogen-bond donors (Lipinski definition) is 2. The van der Waals surface area contributed by atoms with Gasteiger partial charge in [0, 0.05) is 18.7 Å². The van der Waals surface area contributed by atoms with Crippen LogP contribution in [0.2, 0.25) is 0 Å². The molecule has 0 aromatic heterocycles. The fraction of sp³-hybridized carbons (Fsp3) is 0.400. The van der Waals surface area contributed by atoms with Crippen LogP contribution in [0.15, 0.2) is 12.1 Å². The lowest BCUT2D eigenvalue weighted by Gasteiger charge is -2.11. The summed E-state index contributed by atoms with van der Waals surface area (Å²) in [4.78, 5) is 19.5. The topological polar surface area (TPSA) is 124 Å². The monoisotopic (exact) mass is 380 g/mol. The molecule has 1 rings (SSSR count). The van der Waals surface area contributed by atoms with Gasteiger partial charge in [-0.05, 0) is 13.0 Å². The summed E-state index contributed by atoms with van der Waals surface area (Å²) in [6.45, 7) is 0.277. The third-order valence-corrected chi connectivity index (χ3v) is 2.50. The van der Waals surface area contributed by atoms with E-state index in [1.54, 1.807) is 0 Å². The van der Waals surface area contributed by atoms with Gasteiger partial charge in [0.05, 0.1) is 15.4 Å². The van der Waals surface area contributed by atoms with Gasteiger partial charge in [-0.2, -0.15) is 13.2 Å². The minimum absolute atomic E-state index is 0. The normalized spacial score (nSPS) is 10.3. The number of rotatable bonds is 6. The number of anilines is 1. The lowest BCUT2D eigenvalue weighted by molar-refractivity contribution is -0.392. The van der Waals surface area contributed by atoms with Crippen molar-refractivity contribution in [1.29, 1.82) is 0 Å². The Bertz CT molecular complexity index is 537. The van der Waals surface area contributed by atoms with Crippen molar-refractivity contribution in [2.24, 2.45) is 5.73 Å². The van der Waals surface area contributed by atoms with Gasteiger partial charge >= 0.3 is 6.18 Å². The summed E-state index contributed by atoms with van der Waals surface area (Å²) in [5, 5.41) is 24.1. The molecule has 0 fully saturated rings. The average molecular weight is 381 g/mol. The molecule has 0 amide bonds. The van der Waals surface area contributed by atoms with E-state index in [9.17, 15) is 33.4 Å². The summed E-state index contributed by atoms with van der Waals surface area (Å²) in [7, 11) is 0. The minimum atomic E-state index is -4.93. The van der Waals surface area contributed by atoms with Gasteiger partial charge in [0.25, 0.3) is 11.4 Å². The molecule has 0 radical (unpaired) electrons. The molecule has 0 aliphatic carbocycles. The van der Waals surface area contributed by atoms with Crippen molar-refractivity contribution in [2.45, 2.75) is 12.6 Å². The molecule has 0 heterocycles. The molecule has 132 valence electrons. The number of hydrogen-bond acceptors (Lipinski definition) is 6. The van der Waals surface area contributed by atoms with Crippen molar-refractivity contribution in [1.82, 2.24) is 0 Å². The second kappa shape index (κ2) is 9.33. The van der Waals surface area contributed by atoms with Gasteiger partial charge in [0.1, 0.15) is 0 Å². The number of nitro groups is 2. The number of nitrogens with one attached hydrogen (secondary N) is 1. The molecular weight excluding hydrogens is 368 g/mol. The van der Waals surface area contributed by atoms with E-state index in [1.807, 2.05) is 0 Å². The number of nitrogens with two attached hydrogens (primary N) is 1. The van der Waals surface area contributed by atoms with E-state index in [4.69, 9.17) is 5.73 Å². The standard InChI is InChI=1S/C10H11F3N4O4.2ClH/c11-10(12,13)6-4-7(16(18)19)9(15-3-1-2-14)8(5-6)17(20)21;;/h4-5,15H,1-3,14H2;2*1H. The molecule has 0 aliphatic heterocycles. The van der Waals surface area contributed by atoms with E-state index in [0.29, 0.717) is 6.42 Å². The van der Waals surface area contributed by atoms with Crippen LogP contribution in [0.3, 0.4) is 0 Å². The first-order valence-electron chi connectivity index (χ1n) is 5.66. The second-order valence-corrected chi connectivity index (χ2v) is 3.97. The molecule has 0 spiro atoms. The first-order chi connectivity index (χ1) is 9.68. The predicted molar refractivity (Wildman–Crippen MR) is 81.4 cm³/mol. The number of alkyl halides is 3. The van der Waals surface area contributed by atoms with Gasteiger partial charge in [-0.3, -0.25) is 20.2 Å². The zero-order chi connectivity index (χ0) is 16.2. The van der Waals surface area contributed by atoms with E-state index in [-0.39, 0.29) is 50.0 Å². The van der Waals surface area contributed by atoms with Crippen LogP contribution in [0.25, 0.3) is 0 Å². The number of nitro benzene ring substituents is 2. The Morgan fingerprint density at radius 3 is 1.83 bits per heavy atom. The number of halogens is 5. The highest BCUT2D eigenvalue weighted by Gasteiger charge is 2.37. The molecule has 0 saturated heterocycles. The largest absolute Gasteiger partial charge is 0.416 e. The van der Waals surface area contributed by atoms with Crippen LogP contribution in [0.4, 0.5) is 30.2 Å². The van der Waals surface area contributed by atoms with Gasteiger partial charge in [0.2, 0.25) is 0 Å². The zero-order valence-electron chi connectivity index (χ0n) is 11.3. The summed E-state index contributed by atoms with van der Waals surface area (Å²) in [5.41, 5.74) is 1.18. The van der Waals surface area contributed by atoms with Crippen LogP contribution in [-0.4, -0.2) is 22.9 Å². The maximum atomic E-state index is 12.6. The van der Waals surface area contributed by atoms with Crippen LogP contribution in [0.1, 0.15) is 12.0 Å². The van der Waals surface area contributed by atoms with Crippen molar-refractivity contribution in [3.8, 4) is 0 Å². The predicted octanol–water partition coefficient (Wildman–Crippen LogP) is 3.13. The molecule has 0 bridgehead atoms. The summed E-state index contributed by atoms with van der Waals surface area (Å²) >= 11 is 0. The molecule has 23 heavy (non-hydrogen) atoms. The quantitative estimate of drug-likeness (QED) is 0.443. The van der Waals surface area contributed by atoms with E-state index >= 15 is 0 Å². The summed E-state index contributed by atoms with van der Waals surface area (Å²) in [6, 6.07) is 0.523. The fourth-order valence-electron chi connectivity index (χ4n) is 1.56. The van der Waals surface area contributed by atoms with Crippen LogP contribution in [0.5, 0.6) is 0 Å². The Morgan fingerprint density at radius 2 is 1.52 bits per heavy atom. The molecule has 13 heteroatoms. The average Bonchev–Trinajstić information content (AvgIpc) is 2.36. The lowest BCUT2D eigenvalue weighted by atomic mass is 10.1. The summed E-state index contributed by atoms with van der Waals surface area (Å²) < 4.78 is 37.9. The number of benzene rings is 1. The third-order valence-electron chi connectivity index (χ3n) is 2.50. The molecule has 0 aliphatic rings. The zero-order valence-corrected chi connectivity index (χ0v) is 13.0. The highest BCUT2D eigenvalue weighted by molar-refractivity contribution is 5.85. The first kappa shape index (κ1) is 23.4. The van der Waals surface area contributed by atoms with Crippen LogP contribution < -0.4 is 11.1 Å². The maximum Gasteiger partial charge on any atom is 0.416 e. The highest BCUT2D eigenvalue weighted by Crippen LogP contribution is 2.41. The smallest absolute Gasteiger partial charge is 0.374 e. The third kappa shape index (κ3) is 6.04. The van der Waals surface area contributed by atoms with E-state index in [0.717, 1.165) is 0 Å². The molecule has 0 atom stereocenters. The lowest BCUT2D eigenvalue weighted by Crippen LogP contribution is -2.13. The van der Waals surface area contributed by atoms with Gasteiger partial charge in [-0.15, -0.1) is 24.8 Å². The van der Waals surface area contributed by atoms with Gasteiger partial charge in [0.15, 0.2) is 5.69 Å². The Balaban J connectivity index is 0. The molecule has 3 N–H and O–H groups in total. The van der Waals surface area contributed by atoms with Crippen molar-refractivity contribution in [2.75, 3.05) is 18.4 Å². The van der Waals surface area contributed by atoms with Gasteiger partial charge < -0.3 is 11.1 Å². The van der Waals surface area contributed by atoms with Crippen LogP contribution in [-0.2, 0) is 6.18 Å². The Kier molecular flexibility index (Phi) is 9.49. The number of nitrogens with zero attached hydrogens (tertiary/aromatic N) is 2. The molecule has 1 aromatic rings. The highest BCUT2D eigenvalue weighted by atomic mass is 35.5. The molecule has 1 aromatic carbocycles. The second-order valence-electron chi connectivity index (χ2n) is 3.97. The van der Waals surface area contributed by atoms with Crippen molar-refractivity contribution < 1.29 is 23.0 Å². The summed E-state index contributed by atoms with van der Waals surface area (Å²) in [6.07, 6.45) is -4.58. The van der Waals surface area contributed by atoms with Crippen molar-refractivity contribution >= 4 is 41.9 Å². The minimum Gasteiger partial charge on any atom is -0.374 e. The Labute approximate surface area is 140 Å². The Morgan fingerprint density at radius 1 is 1.09 bits per heavy atom. The van der Waals surface area contributed by atoms with E-state index in [2.05, 4.69) is 5.32 Å². The van der Waals surface area contributed by atoms with Crippen molar-refractivity contribution in [3.05, 3.63) is 37.9 Å². The first-order valence-corrected chi connectivity index (χ1v) is 5.66. The fourth-order valence-corrected chi connectivity index (χ4v) is 1.56. The Hall–Kier alpha value is -1.85. The SMILES string of the molecule is Cl.Cl.NCCCNc1c([N+](=O)[O-])cc(C(F)(F)F)cc1[N+](=O)[O-]. The molecule has 0 saturated carbocycles. The van der Waals surface area contributed by atoms with Gasteiger partial charge in [-0.1, -0.05) is 0 Å². The molecular formula is C10H13Cl2F3N4O4. The van der Waals surface area contributed by atoms with Crippen LogP contribution in [0, 0.1) is 20.2 Å². The molecule has 0 unspecified atom stereocenters. The van der Waals surface area contributed by atoms with Crippen LogP contribution >= 0.6 is 24.8 Å². The molecule has 8 nitrogen and oxygen atoms in total. The van der Waals surface area contributed by atoms with Crippen molar-refractivity contribution in [3.63, 3.8) is 0 Å². The van der Waals surface area contributed by atoms with E-state index < -0.39 is 38.6 Å².